The zero-order valence-electron chi connectivity index (χ0n) is 13.6. The van der Waals surface area contributed by atoms with Gasteiger partial charge in [-0.15, -0.1) is 0 Å². The molecule has 0 bridgehead atoms. The van der Waals surface area contributed by atoms with E-state index >= 15 is 0 Å². The number of benzene rings is 1. The van der Waals surface area contributed by atoms with Gasteiger partial charge in [-0.05, 0) is 23.8 Å². The summed E-state index contributed by atoms with van der Waals surface area (Å²) in [6, 6.07) is 12.1. The van der Waals surface area contributed by atoms with E-state index in [4.69, 9.17) is 4.74 Å². The number of hydrogen-bond donors (Lipinski definition) is 1. The molecular formula is C17H21FN4O. The van der Waals surface area contributed by atoms with E-state index in [1.165, 1.54) is 12.1 Å². The Bertz CT molecular complexity index is 658. The van der Waals surface area contributed by atoms with Crippen molar-refractivity contribution < 1.29 is 9.13 Å². The molecule has 1 aromatic carbocycles. The van der Waals surface area contributed by atoms with Crippen molar-refractivity contribution in [1.29, 1.82) is 0 Å². The maximum absolute atomic E-state index is 13.0. The Kier molecular flexibility index (Phi) is 5.91. The smallest absolute Gasteiger partial charge is 0.213 e. The summed E-state index contributed by atoms with van der Waals surface area (Å²) in [6.45, 7) is 1.17. The Morgan fingerprint density at radius 2 is 2.00 bits per heavy atom. The van der Waals surface area contributed by atoms with Crippen LogP contribution in [0.15, 0.2) is 47.5 Å². The van der Waals surface area contributed by atoms with Gasteiger partial charge < -0.3 is 15.0 Å². The number of ether oxygens (including phenoxy) is 1. The molecule has 0 aliphatic rings. The van der Waals surface area contributed by atoms with Crippen LogP contribution >= 0.6 is 0 Å². The first kappa shape index (κ1) is 16.7. The molecule has 0 saturated carbocycles. The van der Waals surface area contributed by atoms with Gasteiger partial charge in [-0.25, -0.2) is 9.37 Å². The molecule has 2 aromatic rings. The van der Waals surface area contributed by atoms with Crippen LogP contribution in [0.1, 0.15) is 11.3 Å². The lowest BCUT2D eigenvalue weighted by atomic mass is 10.2. The Labute approximate surface area is 135 Å². The van der Waals surface area contributed by atoms with Crippen LogP contribution in [0, 0.1) is 5.82 Å². The third kappa shape index (κ3) is 4.95. The fourth-order valence-corrected chi connectivity index (χ4v) is 2.16. The lowest BCUT2D eigenvalue weighted by Gasteiger charge is -2.22. The topological polar surface area (TPSA) is 49.8 Å². The van der Waals surface area contributed by atoms with Gasteiger partial charge in [0.25, 0.3) is 0 Å². The van der Waals surface area contributed by atoms with Crippen LogP contribution in [-0.4, -0.2) is 37.0 Å². The van der Waals surface area contributed by atoms with E-state index in [2.05, 4.69) is 15.3 Å². The number of aliphatic imine (C=N–C) groups is 1. The van der Waals surface area contributed by atoms with Crippen molar-refractivity contribution in [2.45, 2.75) is 13.1 Å². The van der Waals surface area contributed by atoms with Gasteiger partial charge >= 0.3 is 0 Å². The van der Waals surface area contributed by atoms with Crippen molar-refractivity contribution >= 4 is 5.96 Å². The molecule has 0 aliphatic heterocycles. The molecule has 0 radical (unpaired) electrons. The first-order valence-electron chi connectivity index (χ1n) is 7.28. The lowest BCUT2D eigenvalue weighted by Crippen LogP contribution is -2.38. The van der Waals surface area contributed by atoms with Crippen molar-refractivity contribution in [3.8, 4) is 5.88 Å². The monoisotopic (exact) mass is 316 g/mol. The zero-order valence-corrected chi connectivity index (χ0v) is 13.6. The minimum Gasteiger partial charge on any atom is -0.481 e. The second kappa shape index (κ2) is 8.12. The van der Waals surface area contributed by atoms with Gasteiger partial charge in [0.1, 0.15) is 5.82 Å². The molecule has 0 amide bonds. The van der Waals surface area contributed by atoms with Crippen LogP contribution in [0.25, 0.3) is 0 Å². The third-order valence-electron chi connectivity index (χ3n) is 3.32. The lowest BCUT2D eigenvalue weighted by molar-refractivity contribution is 0.396. The third-order valence-corrected chi connectivity index (χ3v) is 3.32. The summed E-state index contributed by atoms with van der Waals surface area (Å²) in [5.41, 5.74) is 1.87. The van der Waals surface area contributed by atoms with Crippen LogP contribution in [0.3, 0.4) is 0 Å². The van der Waals surface area contributed by atoms with E-state index in [0.29, 0.717) is 19.0 Å². The van der Waals surface area contributed by atoms with E-state index in [1.807, 2.05) is 24.1 Å². The van der Waals surface area contributed by atoms with Gasteiger partial charge in [0.05, 0.1) is 19.3 Å². The molecule has 122 valence electrons. The highest BCUT2D eigenvalue weighted by atomic mass is 19.1. The first-order valence-corrected chi connectivity index (χ1v) is 7.28. The van der Waals surface area contributed by atoms with Gasteiger partial charge in [0, 0.05) is 26.7 Å². The highest BCUT2D eigenvalue weighted by molar-refractivity contribution is 5.79. The van der Waals surface area contributed by atoms with E-state index in [1.54, 1.807) is 32.4 Å². The quantitative estimate of drug-likeness (QED) is 0.680. The number of rotatable bonds is 5. The first-order chi connectivity index (χ1) is 11.1. The minimum absolute atomic E-state index is 0.233. The van der Waals surface area contributed by atoms with Crippen LogP contribution in [-0.2, 0) is 13.1 Å². The average molecular weight is 316 g/mol. The van der Waals surface area contributed by atoms with Gasteiger partial charge in [-0.3, -0.25) is 4.99 Å². The number of methoxy groups -OCH3 is 1. The van der Waals surface area contributed by atoms with Crippen molar-refractivity contribution in [2.75, 3.05) is 21.2 Å². The van der Waals surface area contributed by atoms with E-state index in [9.17, 15) is 4.39 Å². The average Bonchev–Trinajstić information content (AvgIpc) is 2.57. The number of aromatic nitrogens is 1. The van der Waals surface area contributed by atoms with Gasteiger partial charge in [0.2, 0.25) is 5.88 Å². The van der Waals surface area contributed by atoms with Crippen LogP contribution < -0.4 is 10.1 Å². The number of nitrogens with one attached hydrogen (secondary N) is 1. The molecule has 5 nitrogen and oxygen atoms in total. The van der Waals surface area contributed by atoms with Crippen molar-refractivity contribution in [3.63, 3.8) is 0 Å². The van der Waals surface area contributed by atoms with Gasteiger partial charge in [-0.2, -0.15) is 0 Å². The Balaban J connectivity index is 1.95. The fourth-order valence-electron chi connectivity index (χ4n) is 2.16. The molecule has 0 atom stereocenters. The molecular weight excluding hydrogens is 295 g/mol. The maximum Gasteiger partial charge on any atom is 0.213 e. The zero-order chi connectivity index (χ0) is 16.7. The molecule has 0 unspecified atom stereocenters. The molecule has 6 heteroatoms. The standard InChI is InChI=1S/C17H21FN4O/c1-19-17(20-11-15-5-4-6-16(21-15)23-3)22(2)12-13-7-9-14(18)10-8-13/h4-10H,11-12H2,1-3H3,(H,19,20). The second-order valence-electron chi connectivity index (χ2n) is 5.05. The van der Waals surface area contributed by atoms with Gasteiger partial charge in [0.15, 0.2) is 5.96 Å². The molecule has 2 rings (SSSR count). The van der Waals surface area contributed by atoms with Gasteiger partial charge in [-0.1, -0.05) is 18.2 Å². The predicted octanol–water partition coefficient (Wildman–Crippen LogP) is 2.44. The summed E-state index contributed by atoms with van der Waals surface area (Å²) in [5.74, 6) is 1.08. The Morgan fingerprint density at radius 1 is 1.26 bits per heavy atom. The number of halogens is 1. The predicted molar refractivity (Wildman–Crippen MR) is 88.9 cm³/mol. The number of guanidine groups is 1. The van der Waals surface area contributed by atoms with Crippen molar-refractivity contribution in [1.82, 2.24) is 15.2 Å². The fraction of sp³-hybridized carbons (Fsp3) is 0.294. The summed E-state index contributed by atoms with van der Waals surface area (Å²) in [5, 5.41) is 3.25. The van der Waals surface area contributed by atoms with E-state index in [0.717, 1.165) is 17.2 Å². The molecule has 0 fully saturated rings. The molecule has 0 spiro atoms. The SMILES string of the molecule is CN=C(NCc1cccc(OC)n1)N(C)Cc1ccc(F)cc1. The summed E-state index contributed by atoms with van der Waals surface area (Å²) >= 11 is 0. The highest BCUT2D eigenvalue weighted by Gasteiger charge is 2.07. The summed E-state index contributed by atoms with van der Waals surface area (Å²) in [6.07, 6.45) is 0. The largest absolute Gasteiger partial charge is 0.481 e. The summed E-state index contributed by atoms with van der Waals surface area (Å²) < 4.78 is 18.1. The molecule has 23 heavy (non-hydrogen) atoms. The molecule has 0 aliphatic carbocycles. The number of pyridine rings is 1. The number of nitrogens with zero attached hydrogens (tertiary/aromatic N) is 3. The molecule has 1 heterocycles. The Hall–Kier alpha value is -2.63. The minimum atomic E-state index is -0.233. The molecule has 1 aromatic heterocycles. The summed E-state index contributed by atoms with van der Waals surface area (Å²) in [4.78, 5) is 10.6. The maximum atomic E-state index is 13.0. The van der Waals surface area contributed by atoms with Crippen molar-refractivity contribution in [3.05, 3.63) is 59.5 Å². The summed E-state index contributed by atoms with van der Waals surface area (Å²) in [7, 11) is 5.25. The molecule has 1 N–H and O–H groups in total. The Morgan fingerprint density at radius 3 is 2.65 bits per heavy atom. The molecule has 0 saturated heterocycles. The van der Waals surface area contributed by atoms with E-state index in [-0.39, 0.29) is 5.82 Å². The highest BCUT2D eigenvalue weighted by Crippen LogP contribution is 2.08. The number of hydrogen-bond acceptors (Lipinski definition) is 3. The van der Waals surface area contributed by atoms with Crippen LogP contribution in [0.5, 0.6) is 5.88 Å². The van der Waals surface area contributed by atoms with E-state index < -0.39 is 0 Å². The second-order valence-corrected chi connectivity index (χ2v) is 5.05. The van der Waals surface area contributed by atoms with Crippen LogP contribution in [0.2, 0.25) is 0 Å². The van der Waals surface area contributed by atoms with Crippen LogP contribution in [0.4, 0.5) is 4.39 Å². The van der Waals surface area contributed by atoms with Crippen molar-refractivity contribution in [2.24, 2.45) is 4.99 Å². The normalized spacial score (nSPS) is 11.2.